The Bertz CT molecular complexity index is 675. The van der Waals surface area contributed by atoms with Crippen molar-refractivity contribution >= 4 is 5.91 Å². The van der Waals surface area contributed by atoms with Crippen LogP contribution in [0.1, 0.15) is 34.7 Å². The maximum Gasteiger partial charge on any atom is 0.224 e. The van der Waals surface area contributed by atoms with Gasteiger partial charge in [0.15, 0.2) is 0 Å². The van der Waals surface area contributed by atoms with Gasteiger partial charge in [0.25, 0.3) is 0 Å². The van der Waals surface area contributed by atoms with Gasteiger partial charge >= 0.3 is 0 Å². The predicted octanol–water partition coefficient (Wildman–Crippen LogP) is 3.36. The van der Waals surface area contributed by atoms with E-state index in [0.717, 1.165) is 28.0 Å². The molecule has 0 saturated carbocycles. The summed E-state index contributed by atoms with van der Waals surface area (Å²) in [6, 6.07) is 13.6. The molecular weight excluding hydrogens is 300 g/mol. The normalized spacial score (nSPS) is 11.9. The second-order valence-electron chi connectivity index (χ2n) is 6.23. The van der Waals surface area contributed by atoms with E-state index in [2.05, 4.69) is 12.1 Å². The Morgan fingerprint density at radius 3 is 2.29 bits per heavy atom. The van der Waals surface area contributed by atoms with Crippen LogP contribution in [0.4, 0.5) is 0 Å². The molecule has 2 N–H and O–H groups in total. The number of nitrogens with zero attached hydrogens (tertiary/aromatic N) is 1. The Morgan fingerprint density at radius 1 is 1.17 bits per heavy atom. The smallest absolute Gasteiger partial charge is 0.224 e. The van der Waals surface area contributed by atoms with Crippen molar-refractivity contribution in [1.82, 2.24) is 4.90 Å². The van der Waals surface area contributed by atoms with Gasteiger partial charge in [0.2, 0.25) is 5.91 Å². The van der Waals surface area contributed by atoms with E-state index in [1.54, 1.807) is 12.0 Å². The van der Waals surface area contributed by atoms with Crippen LogP contribution in [0.25, 0.3) is 0 Å². The molecule has 0 aliphatic rings. The van der Waals surface area contributed by atoms with Crippen molar-refractivity contribution in [3.63, 3.8) is 0 Å². The maximum absolute atomic E-state index is 12.4. The summed E-state index contributed by atoms with van der Waals surface area (Å²) < 4.78 is 5.39. The Morgan fingerprint density at radius 2 is 1.75 bits per heavy atom. The number of nitrogens with two attached hydrogens (primary N) is 1. The molecule has 1 unspecified atom stereocenters. The van der Waals surface area contributed by atoms with Gasteiger partial charge in [0.1, 0.15) is 5.75 Å². The highest BCUT2D eigenvalue weighted by molar-refractivity contribution is 5.76. The van der Waals surface area contributed by atoms with Crippen molar-refractivity contribution in [2.45, 2.75) is 32.9 Å². The van der Waals surface area contributed by atoms with Crippen molar-refractivity contribution in [3.8, 4) is 5.75 Å². The first-order valence-electron chi connectivity index (χ1n) is 8.11. The number of carbonyl (C=O) groups excluding carboxylic acids is 1. The van der Waals surface area contributed by atoms with Crippen LogP contribution >= 0.6 is 0 Å². The lowest BCUT2D eigenvalue weighted by atomic mass is 10.0. The maximum atomic E-state index is 12.4. The summed E-state index contributed by atoms with van der Waals surface area (Å²) in [5, 5.41) is 0. The minimum Gasteiger partial charge on any atom is -0.496 e. The monoisotopic (exact) mass is 326 g/mol. The number of hydrogen-bond donors (Lipinski definition) is 1. The minimum atomic E-state index is -0.277. The summed E-state index contributed by atoms with van der Waals surface area (Å²) in [7, 11) is 3.49. The van der Waals surface area contributed by atoms with Crippen LogP contribution < -0.4 is 10.5 Å². The van der Waals surface area contributed by atoms with Gasteiger partial charge in [0, 0.05) is 26.1 Å². The first kappa shape index (κ1) is 18.0. The highest BCUT2D eigenvalue weighted by Crippen LogP contribution is 2.25. The summed E-state index contributed by atoms with van der Waals surface area (Å²) in [5.74, 6) is 0.941. The van der Waals surface area contributed by atoms with Gasteiger partial charge < -0.3 is 15.4 Å². The van der Waals surface area contributed by atoms with E-state index < -0.39 is 0 Å². The number of rotatable bonds is 6. The Balaban J connectivity index is 2.01. The number of amides is 1. The van der Waals surface area contributed by atoms with Crippen molar-refractivity contribution in [3.05, 3.63) is 64.7 Å². The third kappa shape index (κ3) is 4.36. The molecule has 1 atom stereocenters. The zero-order valence-electron chi connectivity index (χ0n) is 14.9. The molecule has 0 fully saturated rings. The fourth-order valence-electron chi connectivity index (χ4n) is 2.98. The molecule has 0 aliphatic carbocycles. The van der Waals surface area contributed by atoms with Gasteiger partial charge in [-0.2, -0.15) is 0 Å². The van der Waals surface area contributed by atoms with Crippen LogP contribution in [-0.2, 0) is 11.3 Å². The van der Waals surface area contributed by atoms with E-state index in [1.165, 1.54) is 0 Å². The third-order valence-corrected chi connectivity index (χ3v) is 4.19. The van der Waals surface area contributed by atoms with Gasteiger partial charge in [-0.15, -0.1) is 0 Å². The van der Waals surface area contributed by atoms with Gasteiger partial charge in [-0.1, -0.05) is 42.5 Å². The lowest BCUT2D eigenvalue weighted by molar-refractivity contribution is -0.130. The number of aryl methyl sites for hydroxylation is 2. The molecule has 4 heteroatoms. The first-order chi connectivity index (χ1) is 11.4. The number of carbonyl (C=O) groups is 1. The second kappa shape index (κ2) is 7.97. The van der Waals surface area contributed by atoms with E-state index >= 15 is 0 Å². The van der Waals surface area contributed by atoms with Gasteiger partial charge in [-0.05, 0) is 36.1 Å². The third-order valence-electron chi connectivity index (χ3n) is 4.19. The lowest BCUT2D eigenvalue weighted by Crippen LogP contribution is -2.29. The summed E-state index contributed by atoms with van der Waals surface area (Å²) in [6.45, 7) is 4.59. The quantitative estimate of drug-likeness (QED) is 0.885. The standard InChI is InChI=1S/C20H26N2O2/c1-14-10-16(11-15(2)20(14)24-4)13-22(3)19(23)12-18(21)17-8-6-5-7-9-17/h5-11,18H,12-13,21H2,1-4H3. The van der Waals surface area contributed by atoms with Gasteiger partial charge in [-0.3, -0.25) is 4.79 Å². The van der Waals surface area contributed by atoms with E-state index in [1.807, 2.05) is 51.2 Å². The first-order valence-corrected chi connectivity index (χ1v) is 8.11. The van der Waals surface area contributed by atoms with Crippen molar-refractivity contribution in [1.29, 1.82) is 0 Å². The molecule has 4 nitrogen and oxygen atoms in total. The van der Waals surface area contributed by atoms with Crippen LogP contribution in [0.3, 0.4) is 0 Å². The molecule has 0 saturated heterocycles. The van der Waals surface area contributed by atoms with Crippen LogP contribution in [0.2, 0.25) is 0 Å². The zero-order chi connectivity index (χ0) is 17.7. The summed E-state index contributed by atoms with van der Waals surface area (Å²) >= 11 is 0. The Hall–Kier alpha value is -2.33. The highest BCUT2D eigenvalue weighted by Gasteiger charge is 2.16. The number of benzene rings is 2. The predicted molar refractivity (Wildman–Crippen MR) is 96.9 cm³/mol. The summed E-state index contributed by atoms with van der Waals surface area (Å²) in [5.41, 5.74) is 10.4. The zero-order valence-corrected chi connectivity index (χ0v) is 14.9. The number of methoxy groups -OCH3 is 1. The van der Waals surface area contributed by atoms with E-state index in [0.29, 0.717) is 13.0 Å². The highest BCUT2D eigenvalue weighted by atomic mass is 16.5. The molecule has 2 rings (SSSR count). The molecule has 0 heterocycles. The summed E-state index contributed by atoms with van der Waals surface area (Å²) in [6.07, 6.45) is 0.300. The number of hydrogen-bond acceptors (Lipinski definition) is 3. The molecule has 0 radical (unpaired) electrons. The SMILES string of the molecule is COc1c(C)cc(CN(C)C(=O)CC(N)c2ccccc2)cc1C. The lowest BCUT2D eigenvalue weighted by Gasteiger charge is -2.21. The molecule has 2 aromatic rings. The minimum absolute atomic E-state index is 0.0393. The Labute approximate surface area is 144 Å². The molecule has 1 amide bonds. The molecule has 128 valence electrons. The largest absolute Gasteiger partial charge is 0.496 e. The average Bonchev–Trinajstić information content (AvgIpc) is 2.55. The molecule has 0 bridgehead atoms. The average molecular weight is 326 g/mol. The number of ether oxygens (including phenoxy) is 1. The van der Waals surface area contributed by atoms with E-state index in [-0.39, 0.29) is 11.9 Å². The van der Waals surface area contributed by atoms with Crippen LogP contribution in [0.5, 0.6) is 5.75 Å². The Kier molecular flexibility index (Phi) is 5.99. The van der Waals surface area contributed by atoms with Crippen molar-refractivity contribution in [2.75, 3.05) is 14.2 Å². The second-order valence-corrected chi connectivity index (χ2v) is 6.23. The molecule has 2 aromatic carbocycles. The van der Waals surface area contributed by atoms with Crippen molar-refractivity contribution < 1.29 is 9.53 Å². The van der Waals surface area contributed by atoms with E-state index in [9.17, 15) is 4.79 Å². The molecule has 0 spiro atoms. The summed E-state index contributed by atoms with van der Waals surface area (Å²) in [4.78, 5) is 14.2. The molecular formula is C20H26N2O2. The molecule has 0 aliphatic heterocycles. The fraction of sp³-hybridized carbons (Fsp3) is 0.350. The topological polar surface area (TPSA) is 55.6 Å². The molecule has 24 heavy (non-hydrogen) atoms. The van der Waals surface area contributed by atoms with E-state index in [4.69, 9.17) is 10.5 Å². The van der Waals surface area contributed by atoms with Crippen molar-refractivity contribution in [2.24, 2.45) is 5.73 Å². The fourth-order valence-corrected chi connectivity index (χ4v) is 2.98. The van der Waals surface area contributed by atoms with Crippen LogP contribution in [0, 0.1) is 13.8 Å². The van der Waals surface area contributed by atoms with Gasteiger partial charge in [-0.25, -0.2) is 0 Å². The van der Waals surface area contributed by atoms with Gasteiger partial charge in [0.05, 0.1) is 7.11 Å². The van der Waals surface area contributed by atoms with Crippen LogP contribution in [-0.4, -0.2) is 25.0 Å². The molecule has 0 aromatic heterocycles. The van der Waals surface area contributed by atoms with Crippen LogP contribution in [0.15, 0.2) is 42.5 Å².